The quantitative estimate of drug-likeness (QED) is 0.691. The SMILES string of the molecule is CN(C)CCCCNCC(C)(O)c1ccccc1. The van der Waals surface area contributed by atoms with Crippen LogP contribution in [-0.2, 0) is 5.60 Å². The Kier molecular flexibility index (Phi) is 6.33. The van der Waals surface area contributed by atoms with Gasteiger partial charge in [-0.15, -0.1) is 0 Å². The second kappa shape index (κ2) is 7.52. The molecule has 102 valence electrons. The average molecular weight is 250 g/mol. The number of hydrogen-bond donors (Lipinski definition) is 2. The van der Waals surface area contributed by atoms with E-state index in [9.17, 15) is 5.11 Å². The van der Waals surface area contributed by atoms with E-state index in [0.717, 1.165) is 25.1 Å². The van der Waals surface area contributed by atoms with Gasteiger partial charge >= 0.3 is 0 Å². The highest BCUT2D eigenvalue weighted by atomic mass is 16.3. The van der Waals surface area contributed by atoms with Gasteiger partial charge in [-0.1, -0.05) is 30.3 Å². The molecule has 0 spiro atoms. The van der Waals surface area contributed by atoms with Gasteiger partial charge in [-0.05, 0) is 52.5 Å². The Morgan fingerprint density at radius 3 is 2.44 bits per heavy atom. The molecule has 0 aliphatic heterocycles. The summed E-state index contributed by atoms with van der Waals surface area (Å²) in [5.41, 5.74) is 0.175. The molecule has 0 saturated carbocycles. The Hall–Kier alpha value is -0.900. The highest BCUT2D eigenvalue weighted by molar-refractivity contribution is 5.21. The van der Waals surface area contributed by atoms with Crippen LogP contribution in [0.5, 0.6) is 0 Å². The summed E-state index contributed by atoms with van der Waals surface area (Å²) in [4.78, 5) is 2.19. The number of nitrogens with zero attached hydrogens (tertiary/aromatic N) is 1. The number of unbranched alkanes of at least 4 members (excludes halogenated alkanes) is 1. The van der Waals surface area contributed by atoms with Crippen molar-refractivity contribution in [3.05, 3.63) is 35.9 Å². The Morgan fingerprint density at radius 2 is 1.83 bits per heavy atom. The maximum absolute atomic E-state index is 10.4. The minimum Gasteiger partial charge on any atom is -0.384 e. The van der Waals surface area contributed by atoms with Crippen LogP contribution in [0.2, 0.25) is 0 Å². The summed E-state index contributed by atoms with van der Waals surface area (Å²) in [6.45, 7) is 4.53. The van der Waals surface area contributed by atoms with Crippen molar-refractivity contribution in [2.45, 2.75) is 25.4 Å². The van der Waals surface area contributed by atoms with Gasteiger partial charge in [0.1, 0.15) is 0 Å². The van der Waals surface area contributed by atoms with Crippen molar-refractivity contribution in [1.29, 1.82) is 0 Å². The number of nitrogens with one attached hydrogen (secondary N) is 1. The van der Waals surface area contributed by atoms with Crippen molar-refractivity contribution in [1.82, 2.24) is 10.2 Å². The summed E-state index contributed by atoms with van der Waals surface area (Å²) < 4.78 is 0. The van der Waals surface area contributed by atoms with E-state index in [2.05, 4.69) is 24.3 Å². The normalized spacial score (nSPS) is 14.7. The molecule has 0 aliphatic carbocycles. The number of hydrogen-bond acceptors (Lipinski definition) is 3. The molecule has 0 amide bonds. The van der Waals surface area contributed by atoms with Crippen molar-refractivity contribution < 1.29 is 5.11 Å². The Bertz CT molecular complexity index is 323. The molecule has 1 aromatic rings. The fraction of sp³-hybridized carbons (Fsp3) is 0.600. The van der Waals surface area contributed by atoms with Gasteiger partial charge in [0.2, 0.25) is 0 Å². The molecule has 2 N–H and O–H groups in total. The van der Waals surface area contributed by atoms with Crippen molar-refractivity contribution >= 4 is 0 Å². The molecule has 1 unspecified atom stereocenters. The molecule has 1 aromatic carbocycles. The smallest absolute Gasteiger partial charge is 0.0992 e. The fourth-order valence-corrected chi connectivity index (χ4v) is 1.91. The van der Waals surface area contributed by atoms with Crippen LogP contribution in [0.4, 0.5) is 0 Å². The lowest BCUT2D eigenvalue weighted by molar-refractivity contribution is 0.0570. The van der Waals surface area contributed by atoms with Gasteiger partial charge < -0.3 is 15.3 Å². The van der Waals surface area contributed by atoms with E-state index in [-0.39, 0.29) is 0 Å². The summed E-state index contributed by atoms with van der Waals surface area (Å²) in [6, 6.07) is 9.82. The molecule has 1 rings (SSSR count). The first-order valence-corrected chi connectivity index (χ1v) is 6.66. The van der Waals surface area contributed by atoms with Gasteiger partial charge in [-0.3, -0.25) is 0 Å². The number of aliphatic hydroxyl groups is 1. The zero-order valence-electron chi connectivity index (χ0n) is 11.8. The summed E-state index contributed by atoms with van der Waals surface area (Å²) >= 11 is 0. The maximum Gasteiger partial charge on any atom is 0.0992 e. The molecule has 0 bridgehead atoms. The van der Waals surface area contributed by atoms with E-state index >= 15 is 0 Å². The topological polar surface area (TPSA) is 35.5 Å². The predicted octanol–water partition coefficient (Wildman–Crippen LogP) is 1.83. The van der Waals surface area contributed by atoms with Crippen LogP contribution in [0.3, 0.4) is 0 Å². The maximum atomic E-state index is 10.4. The predicted molar refractivity (Wildman–Crippen MR) is 76.7 cm³/mol. The van der Waals surface area contributed by atoms with Crippen LogP contribution in [0.1, 0.15) is 25.3 Å². The summed E-state index contributed by atoms with van der Waals surface area (Å²) in [6.07, 6.45) is 2.33. The zero-order chi connectivity index (χ0) is 13.4. The third kappa shape index (κ3) is 5.63. The first kappa shape index (κ1) is 15.2. The first-order chi connectivity index (χ1) is 8.52. The molecule has 0 heterocycles. The van der Waals surface area contributed by atoms with E-state index in [4.69, 9.17) is 0 Å². The zero-order valence-corrected chi connectivity index (χ0v) is 11.8. The second-order valence-corrected chi connectivity index (χ2v) is 5.33. The Balaban J connectivity index is 2.22. The minimum absolute atomic E-state index is 0.596. The van der Waals surface area contributed by atoms with E-state index in [1.807, 2.05) is 37.3 Å². The fourth-order valence-electron chi connectivity index (χ4n) is 1.91. The minimum atomic E-state index is -0.789. The van der Waals surface area contributed by atoms with Crippen LogP contribution in [0.15, 0.2) is 30.3 Å². The molecule has 0 radical (unpaired) electrons. The van der Waals surface area contributed by atoms with E-state index < -0.39 is 5.60 Å². The number of rotatable bonds is 8. The van der Waals surface area contributed by atoms with Crippen LogP contribution in [-0.4, -0.2) is 43.7 Å². The van der Waals surface area contributed by atoms with Crippen LogP contribution < -0.4 is 5.32 Å². The molecule has 3 heteroatoms. The van der Waals surface area contributed by atoms with Crippen molar-refractivity contribution in [2.24, 2.45) is 0 Å². The molecule has 1 atom stereocenters. The third-order valence-electron chi connectivity index (χ3n) is 3.07. The standard InChI is InChI=1S/C15H26N2O/c1-15(18,14-9-5-4-6-10-14)13-16-11-7-8-12-17(2)3/h4-6,9-10,16,18H,7-8,11-13H2,1-3H3. The second-order valence-electron chi connectivity index (χ2n) is 5.33. The number of benzene rings is 1. The van der Waals surface area contributed by atoms with Crippen LogP contribution in [0, 0.1) is 0 Å². The van der Waals surface area contributed by atoms with Gasteiger partial charge in [-0.25, -0.2) is 0 Å². The van der Waals surface area contributed by atoms with Gasteiger partial charge in [0.25, 0.3) is 0 Å². The van der Waals surface area contributed by atoms with Gasteiger partial charge in [0.05, 0.1) is 5.60 Å². The van der Waals surface area contributed by atoms with Crippen LogP contribution in [0.25, 0.3) is 0 Å². The lowest BCUT2D eigenvalue weighted by Crippen LogP contribution is -2.36. The highest BCUT2D eigenvalue weighted by Gasteiger charge is 2.21. The molecule has 18 heavy (non-hydrogen) atoms. The third-order valence-corrected chi connectivity index (χ3v) is 3.07. The largest absolute Gasteiger partial charge is 0.384 e. The average Bonchev–Trinajstić information content (AvgIpc) is 2.34. The molecule has 0 aromatic heterocycles. The monoisotopic (exact) mass is 250 g/mol. The Labute approximate surface area is 111 Å². The van der Waals surface area contributed by atoms with Crippen molar-refractivity contribution in [3.8, 4) is 0 Å². The molecule has 0 saturated heterocycles. The van der Waals surface area contributed by atoms with Gasteiger partial charge in [0.15, 0.2) is 0 Å². The molecule has 0 aliphatic rings. The summed E-state index contributed by atoms with van der Waals surface area (Å²) in [5, 5.41) is 13.7. The van der Waals surface area contributed by atoms with E-state index in [1.54, 1.807) is 0 Å². The lowest BCUT2D eigenvalue weighted by Gasteiger charge is -2.24. The van der Waals surface area contributed by atoms with Crippen molar-refractivity contribution in [2.75, 3.05) is 33.7 Å². The molecule has 3 nitrogen and oxygen atoms in total. The highest BCUT2D eigenvalue weighted by Crippen LogP contribution is 2.18. The van der Waals surface area contributed by atoms with Gasteiger partial charge in [0, 0.05) is 6.54 Å². The molecular formula is C15H26N2O. The molecule has 0 fully saturated rings. The lowest BCUT2D eigenvalue weighted by atomic mass is 9.96. The van der Waals surface area contributed by atoms with E-state index in [0.29, 0.717) is 6.54 Å². The Morgan fingerprint density at radius 1 is 1.17 bits per heavy atom. The van der Waals surface area contributed by atoms with Gasteiger partial charge in [-0.2, -0.15) is 0 Å². The van der Waals surface area contributed by atoms with Crippen molar-refractivity contribution in [3.63, 3.8) is 0 Å². The summed E-state index contributed by atoms with van der Waals surface area (Å²) in [5.74, 6) is 0. The molecular weight excluding hydrogens is 224 g/mol. The summed E-state index contributed by atoms with van der Waals surface area (Å²) in [7, 11) is 4.18. The van der Waals surface area contributed by atoms with Crippen LogP contribution >= 0.6 is 0 Å². The first-order valence-electron chi connectivity index (χ1n) is 6.66. The van der Waals surface area contributed by atoms with E-state index in [1.165, 1.54) is 6.42 Å².